The summed E-state index contributed by atoms with van der Waals surface area (Å²) in [6, 6.07) is 0. The van der Waals surface area contributed by atoms with Gasteiger partial charge < -0.3 is 14.6 Å². The molecule has 5 heteroatoms. The number of hydrogen-bond donors (Lipinski definition) is 1. The molecule has 0 spiro atoms. The molecule has 124 valence electrons. The van der Waals surface area contributed by atoms with Crippen LogP contribution in [0.4, 0.5) is 9.59 Å². The maximum Gasteiger partial charge on any atom is 0.518 e. The predicted octanol–water partition coefficient (Wildman–Crippen LogP) is 5.52. The van der Waals surface area contributed by atoms with Crippen LogP contribution in [0.2, 0.25) is 0 Å². The molecule has 0 aromatic heterocycles. The lowest BCUT2D eigenvalue weighted by atomic mass is 10.0. The zero-order valence-corrected chi connectivity index (χ0v) is 13.4. The minimum Gasteiger partial charge on any atom is -0.449 e. The molecule has 21 heavy (non-hydrogen) atoms. The molecular weight excluding hydrogens is 272 g/mol. The van der Waals surface area contributed by atoms with Crippen molar-refractivity contribution in [2.24, 2.45) is 0 Å². The smallest absolute Gasteiger partial charge is 0.449 e. The summed E-state index contributed by atoms with van der Waals surface area (Å²) in [5.74, 6) is 0. The average Bonchev–Trinajstić information content (AvgIpc) is 2.43. The molecule has 0 aliphatic rings. The van der Waals surface area contributed by atoms with Gasteiger partial charge in [0.25, 0.3) is 0 Å². The fourth-order valence-corrected chi connectivity index (χ4v) is 2.26. The van der Waals surface area contributed by atoms with Crippen molar-refractivity contribution in [3.05, 3.63) is 0 Å². The average molecular weight is 302 g/mol. The van der Waals surface area contributed by atoms with Gasteiger partial charge in [0.2, 0.25) is 0 Å². The van der Waals surface area contributed by atoms with E-state index in [1.54, 1.807) is 0 Å². The van der Waals surface area contributed by atoms with Gasteiger partial charge in [-0.3, -0.25) is 0 Å². The minimum absolute atomic E-state index is 0.249. The fourth-order valence-electron chi connectivity index (χ4n) is 2.26. The van der Waals surface area contributed by atoms with Gasteiger partial charge in [-0.15, -0.1) is 0 Å². The number of carbonyl (C=O) groups is 2. The van der Waals surface area contributed by atoms with Crippen molar-refractivity contribution >= 4 is 12.3 Å². The van der Waals surface area contributed by atoms with E-state index >= 15 is 0 Å². The molecule has 0 aromatic carbocycles. The Kier molecular flexibility index (Phi) is 12.9. The number of carbonyl (C=O) groups excluding carboxylic acids is 1. The van der Waals surface area contributed by atoms with Crippen LogP contribution in [0.3, 0.4) is 0 Å². The Bertz CT molecular complexity index is 278. The first kappa shape index (κ1) is 19.7. The number of unbranched alkanes of at least 4 members (excludes halogenated alkanes) is 8. The lowest BCUT2D eigenvalue weighted by Crippen LogP contribution is -2.20. The van der Waals surface area contributed by atoms with Crippen LogP contribution in [-0.4, -0.2) is 23.5 Å². The van der Waals surface area contributed by atoms with E-state index in [4.69, 9.17) is 9.84 Å². The summed E-state index contributed by atoms with van der Waals surface area (Å²) in [6.45, 7) is 4.13. The van der Waals surface area contributed by atoms with E-state index in [1.165, 1.54) is 44.9 Å². The van der Waals surface area contributed by atoms with Gasteiger partial charge in [0.15, 0.2) is 0 Å². The lowest BCUT2D eigenvalue weighted by Gasteiger charge is -2.14. The molecule has 5 nitrogen and oxygen atoms in total. The molecule has 0 saturated carbocycles. The maximum atomic E-state index is 11.1. The summed E-state index contributed by atoms with van der Waals surface area (Å²) in [5.41, 5.74) is 0. The minimum atomic E-state index is -1.63. The largest absolute Gasteiger partial charge is 0.518 e. The van der Waals surface area contributed by atoms with E-state index < -0.39 is 12.3 Å². The Hall–Kier alpha value is -1.26. The summed E-state index contributed by atoms with van der Waals surface area (Å²) in [7, 11) is 0. The van der Waals surface area contributed by atoms with Crippen LogP contribution < -0.4 is 0 Å². The van der Waals surface area contributed by atoms with Gasteiger partial charge in [0.05, 0.1) is 0 Å². The van der Waals surface area contributed by atoms with Gasteiger partial charge in [-0.05, 0) is 19.3 Å². The molecule has 0 amide bonds. The third-order valence-electron chi connectivity index (χ3n) is 3.52. The van der Waals surface area contributed by atoms with Gasteiger partial charge >= 0.3 is 12.3 Å². The van der Waals surface area contributed by atoms with Gasteiger partial charge in [-0.25, -0.2) is 9.59 Å². The third kappa shape index (κ3) is 13.5. The molecule has 0 fully saturated rings. The van der Waals surface area contributed by atoms with Crippen molar-refractivity contribution in [1.82, 2.24) is 0 Å². The van der Waals surface area contributed by atoms with E-state index in [0.29, 0.717) is 6.42 Å². The fraction of sp³-hybridized carbons (Fsp3) is 0.875. The molecular formula is C16H30O5. The summed E-state index contributed by atoms with van der Waals surface area (Å²) in [4.78, 5) is 21.2. The second-order valence-electron chi connectivity index (χ2n) is 5.38. The van der Waals surface area contributed by atoms with Gasteiger partial charge in [0, 0.05) is 0 Å². The van der Waals surface area contributed by atoms with Crippen LogP contribution in [0.25, 0.3) is 0 Å². The first-order valence-electron chi connectivity index (χ1n) is 8.21. The van der Waals surface area contributed by atoms with Crippen LogP contribution >= 0.6 is 0 Å². The molecule has 0 rings (SSSR count). The molecule has 0 aliphatic carbocycles. The summed E-state index contributed by atoms with van der Waals surface area (Å²) < 4.78 is 8.87. The van der Waals surface area contributed by atoms with Crippen LogP contribution in [0.15, 0.2) is 0 Å². The maximum absolute atomic E-state index is 11.1. The molecule has 0 radical (unpaired) electrons. The SMILES string of the molecule is CCCCCCCCCCCC(CC)OC(=O)OC(=O)O. The molecule has 0 aromatic rings. The highest BCUT2D eigenvalue weighted by Gasteiger charge is 2.16. The highest BCUT2D eigenvalue weighted by molar-refractivity contribution is 5.75. The van der Waals surface area contributed by atoms with Crippen molar-refractivity contribution in [2.75, 3.05) is 0 Å². The number of carboxylic acid groups (broad SMARTS) is 1. The standard InChI is InChI=1S/C16H30O5/c1-3-5-6-7-8-9-10-11-12-13-14(4-2)20-16(19)21-15(17)18/h14H,3-13H2,1-2H3,(H,17,18). The molecule has 0 aliphatic heterocycles. The zero-order chi connectivity index (χ0) is 15.9. The second kappa shape index (κ2) is 13.7. The topological polar surface area (TPSA) is 72.8 Å². The second-order valence-corrected chi connectivity index (χ2v) is 5.38. The van der Waals surface area contributed by atoms with E-state index in [1.807, 2.05) is 6.92 Å². The number of ether oxygens (including phenoxy) is 2. The van der Waals surface area contributed by atoms with Crippen molar-refractivity contribution in [3.63, 3.8) is 0 Å². The lowest BCUT2D eigenvalue weighted by molar-refractivity contribution is 0.0238. The highest BCUT2D eigenvalue weighted by Crippen LogP contribution is 2.14. The van der Waals surface area contributed by atoms with E-state index in [9.17, 15) is 9.59 Å². The Morgan fingerprint density at radius 3 is 1.90 bits per heavy atom. The van der Waals surface area contributed by atoms with Crippen molar-refractivity contribution < 1.29 is 24.2 Å². The molecule has 0 heterocycles. The molecule has 1 unspecified atom stereocenters. The van der Waals surface area contributed by atoms with Gasteiger partial charge in [-0.2, -0.15) is 0 Å². The predicted molar refractivity (Wildman–Crippen MR) is 81.5 cm³/mol. The first-order chi connectivity index (χ1) is 10.1. The Balaban J connectivity index is 3.50. The molecule has 1 N–H and O–H groups in total. The van der Waals surface area contributed by atoms with Crippen LogP contribution in [-0.2, 0) is 9.47 Å². The van der Waals surface area contributed by atoms with Crippen LogP contribution in [0, 0.1) is 0 Å². The zero-order valence-electron chi connectivity index (χ0n) is 13.4. The molecule has 1 atom stereocenters. The molecule has 0 bridgehead atoms. The monoisotopic (exact) mass is 302 g/mol. The van der Waals surface area contributed by atoms with E-state index in [2.05, 4.69) is 11.7 Å². The van der Waals surface area contributed by atoms with Gasteiger partial charge in [0.1, 0.15) is 6.10 Å². The van der Waals surface area contributed by atoms with Crippen molar-refractivity contribution in [3.8, 4) is 0 Å². The summed E-state index contributed by atoms with van der Waals surface area (Å²) in [6.07, 6.45) is 9.63. The first-order valence-corrected chi connectivity index (χ1v) is 8.21. The van der Waals surface area contributed by atoms with Gasteiger partial charge in [-0.1, -0.05) is 65.2 Å². The third-order valence-corrected chi connectivity index (χ3v) is 3.52. The van der Waals surface area contributed by atoms with E-state index in [0.717, 1.165) is 19.3 Å². The van der Waals surface area contributed by atoms with Crippen LogP contribution in [0.5, 0.6) is 0 Å². The van der Waals surface area contributed by atoms with Crippen LogP contribution in [0.1, 0.15) is 84.5 Å². The Labute approximate surface area is 128 Å². The molecule has 0 saturated heterocycles. The Morgan fingerprint density at radius 2 is 1.43 bits per heavy atom. The summed E-state index contributed by atoms with van der Waals surface area (Å²) >= 11 is 0. The normalized spacial score (nSPS) is 11.9. The number of rotatable bonds is 12. The summed E-state index contributed by atoms with van der Waals surface area (Å²) in [5, 5.41) is 8.30. The van der Waals surface area contributed by atoms with Crippen molar-refractivity contribution in [2.45, 2.75) is 90.6 Å². The quantitative estimate of drug-likeness (QED) is 0.292. The van der Waals surface area contributed by atoms with Crippen molar-refractivity contribution in [1.29, 1.82) is 0 Å². The Morgan fingerprint density at radius 1 is 0.905 bits per heavy atom. The number of hydrogen-bond acceptors (Lipinski definition) is 4. The van der Waals surface area contributed by atoms with E-state index in [-0.39, 0.29) is 6.10 Å². The highest BCUT2D eigenvalue weighted by atomic mass is 16.8.